The second-order valence-corrected chi connectivity index (χ2v) is 14.0. The molecule has 0 unspecified atom stereocenters. The number of hydrogen-bond acceptors (Lipinski definition) is 5. The first-order chi connectivity index (χ1) is 20.9. The number of furan rings is 2. The Morgan fingerprint density at radius 3 is 1.91 bits per heavy atom. The van der Waals surface area contributed by atoms with Crippen molar-refractivity contribution in [3.8, 4) is 0 Å². The van der Waals surface area contributed by atoms with Gasteiger partial charge in [0, 0.05) is 63.1 Å². The van der Waals surface area contributed by atoms with Gasteiger partial charge in [0.25, 0.3) is 0 Å². The molecule has 2 atom stereocenters. The lowest BCUT2D eigenvalue weighted by Crippen LogP contribution is -2.28. The first-order valence-electron chi connectivity index (χ1n) is 15.5. The quantitative estimate of drug-likeness (QED) is 0.165. The van der Waals surface area contributed by atoms with Crippen molar-refractivity contribution in [1.82, 2.24) is 9.80 Å². The van der Waals surface area contributed by atoms with E-state index in [2.05, 4.69) is 63.8 Å². The lowest BCUT2D eigenvalue weighted by Gasteiger charge is -2.19. The Balaban J connectivity index is 0.000000162. The number of fused-ring (bicyclic) bond motifs is 2. The van der Waals surface area contributed by atoms with E-state index in [1.165, 1.54) is 50.2 Å². The van der Waals surface area contributed by atoms with Gasteiger partial charge in [-0.2, -0.15) is 0 Å². The molecule has 226 valence electrons. The van der Waals surface area contributed by atoms with Crippen molar-refractivity contribution in [1.29, 1.82) is 0 Å². The minimum Gasteiger partial charge on any atom is -0.461 e. The maximum Gasteiger partial charge on any atom is 0.134 e. The lowest BCUT2D eigenvalue weighted by molar-refractivity contribution is 0.266. The summed E-state index contributed by atoms with van der Waals surface area (Å²) in [5.41, 5.74) is 1.91. The minimum atomic E-state index is -0.201. The Morgan fingerprint density at radius 2 is 1.33 bits per heavy atom. The smallest absolute Gasteiger partial charge is 0.134 e. The molecule has 2 fully saturated rings. The topological polar surface area (TPSA) is 32.8 Å². The van der Waals surface area contributed by atoms with Gasteiger partial charge in [0.05, 0.1) is 0 Å². The zero-order valence-electron chi connectivity index (χ0n) is 25.0. The fraction of sp³-hybridized carbons (Fsp3) is 0.389. The van der Waals surface area contributed by atoms with E-state index in [-0.39, 0.29) is 5.82 Å². The van der Waals surface area contributed by atoms with E-state index in [0.717, 1.165) is 74.3 Å². The summed E-state index contributed by atoms with van der Waals surface area (Å²) in [6.45, 7) is 9.25. The minimum absolute atomic E-state index is 0.201. The maximum absolute atomic E-state index is 13.3. The highest BCUT2D eigenvalue weighted by Gasteiger charge is 2.21. The van der Waals surface area contributed by atoms with E-state index in [1.807, 2.05) is 30.3 Å². The molecule has 2 aromatic heterocycles. The van der Waals surface area contributed by atoms with Gasteiger partial charge in [-0.3, -0.25) is 0 Å². The molecule has 2 aliphatic rings. The molecule has 0 saturated carbocycles. The van der Waals surface area contributed by atoms with E-state index in [9.17, 15) is 4.39 Å². The Labute approximate surface area is 266 Å². The summed E-state index contributed by atoms with van der Waals surface area (Å²) in [6.07, 6.45) is 7.26. The fourth-order valence-electron chi connectivity index (χ4n) is 6.28. The number of rotatable bonds is 8. The van der Waals surface area contributed by atoms with E-state index in [1.54, 1.807) is 23.9 Å². The van der Waals surface area contributed by atoms with Crippen LogP contribution in [-0.2, 0) is 12.8 Å². The van der Waals surface area contributed by atoms with Gasteiger partial charge in [-0.1, -0.05) is 33.8 Å². The fourth-order valence-corrected chi connectivity index (χ4v) is 7.57. The summed E-state index contributed by atoms with van der Waals surface area (Å²) in [5.74, 6) is 1.94. The Bertz CT molecular complexity index is 1670. The van der Waals surface area contributed by atoms with Gasteiger partial charge in [0.15, 0.2) is 0 Å². The van der Waals surface area contributed by atoms with Crippen LogP contribution in [0, 0.1) is 5.82 Å². The van der Waals surface area contributed by atoms with Crippen LogP contribution < -0.4 is 0 Å². The zero-order chi connectivity index (χ0) is 29.8. The average Bonchev–Trinajstić information content (AvgIpc) is 3.78. The van der Waals surface area contributed by atoms with Crippen LogP contribution in [0.25, 0.3) is 21.9 Å². The van der Waals surface area contributed by atoms with Gasteiger partial charge >= 0.3 is 0 Å². The normalized spacial score (nSPS) is 19.3. The second kappa shape index (κ2) is 14.0. The summed E-state index contributed by atoms with van der Waals surface area (Å²) < 4.78 is 26.3. The molecule has 0 N–H and O–H groups in total. The number of benzene rings is 3. The molecule has 4 heterocycles. The molecule has 3 aromatic carbocycles. The van der Waals surface area contributed by atoms with Crippen LogP contribution in [0.4, 0.5) is 4.39 Å². The predicted molar refractivity (Wildman–Crippen MR) is 179 cm³/mol. The van der Waals surface area contributed by atoms with Crippen LogP contribution in [0.2, 0.25) is 0 Å². The highest BCUT2D eigenvalue weighted by atomic mass is 79.9. The number of nitrogens with zero attached hydrogens (tertiary/aromatic N) is 2. The van der Waals surface area contributed by atoms with Crippen molar-refractivity contribution >= 4 is 49.6 Å². The van der Waals surface area contributed by atoms with E-state index in [4.69, 9.17) is 8.83 Å². The van der Waals surface area contributed by atoms with Gasteiger partial charge in [-0.15, -0.1) is 0 Å². The molecule has 0 spiro atoms. The summed E-state index contributed by atoms with van der Waals surface area (Å²) in [6, 6.07) is 24.8. The SMILES string of the molecule is C[C@@H]1CCCN1CCc1cc2cc(Br)ccc2o1.C[C@@H]1CCCN1CCc1cc2cc(Sc3cccc(F)c3)ccc2o1. The standard InChI is InChI=1S/C21H22FNOS.C15H18BrNO/c1-15-4-3-10-23(15)11-9-18-12-16-13-20(7-8-21(16)24-18)25-19-6-2-5-17(22)14-19;1-11-3-2-7-17(11)8-6-14-10-12-9-13(16)4-5-15(12)18-14/h2,5-8,12-15H,3-4,9-11H2,1H3;4-5,9-11H,2-3,6-8H2,1H3/t15-;11-/m11/s1. The maximum atomic E-state index is 13.3. The highest BCUT2D eigenvalue weighted by Crippen LogP contribution is 2.32. The largest absolute Gasteiger partial charge is 0.461 e. The van der Waals surface area contributed by atoms with Gasteiger partial charge in [0.2, 0.25) is 0 Å². The Kier molecular flexibility index (Phi) is 9.93. The summed E-state index contributed by atoms with van der Waals surface area (Å²) in [4.78, 5) is 7.10. The van der Waals surface area contributed by atoms with Crippen molar-refractivity contribution in [3.63, 3.8) is 0 Å². The molecular formula is C36H40BrFN2O2S. The van der Waals surface area contributed by atoms with E-state index >= 15 is 0 Å². The molecule has 0 radical (unpaired) electrons. The molecule has 2 saturated heterocycles. The van der Waals surface area contributed by atoms with Gasteiger partial charge in [-0.05, 0) is 119 Å². The first-order valence-corrected chi connectivity index (χ1v) is 17.1. The van der Waals surface area contributed by atoms with Crippen LogP contribution in [0.3, 0.4) is 0 Å². The third-order valence-corrected chi connectivity index (χ3v) is 10.2. The third-order valence-electron chi connectivity index (χ3n) is 8.77. The summed E-state index contributed by atoms with van der Waals surface area (Å²) in [5, 5.41) is 2.31. The van der Waals surface area contributed by atoms with Crippen molar-refractivity contribution in [2.45, 2.75) is 74.2 Å². The monoisotopic (exact) mass is 662 g/mol. The Morgan fingerprint density at radius 1 is 0.744 bits per heavy atom. The second-order valence-electron chi connectivity index (χ2n) is 11.9. The van der Waals surface area contributed by atoms with Crippen LogP contribution in [-0.4, -0.2) is 48.1 Å². The van der Waals surface area contributed by atoms with Gasteiger partial charge in [-0.25, -0.2) is 4.39 Å². The van der Waals surface area contributed by atoms with E-state index in [0.29, 0.717) is 6.04 Å². The van der Waals surface area contributed by atoms with Crippen molar-refractivity contribution in [3.05, 3.63) is 94.6 Å². The predicted octanol–water partition coefficient (Wildman–Crippen LogP) is 9.97. The lowest BCUT2D eigenvalue weighted by atomic mass is 10.2. The molecule has 7 rings (SSSR count). The molecule has 0 bridgehead atoms. The molecular weight excluding hydrogens is 623 g/mol. The average molecular weight is 664 g/mol. The van der Waals surface area contributed by atoms with Crippen molar-refractivity contribution in [2.75, 3.05) is 26.2 Å². The first kappa shape index (κ1) is 30.4. The van der Waals surface area contributed by atoms with Crippen molar-refractivity contribution < 1.29 is 13.2 Å². The molecule has 4 nitrogen and oxygen atoms in total. The van der Waals surface area contributed by atoms with Crippen LogP contribution in [0.15, 0.2) is 95.9 Å². The zero-order valence-corrected chi connectivity index (χ0v) is 27.4. The van der Waals surface area contributed by atoms with Gasteiger partial charge < -0.3 is 18.6 Å². The number of likely N-dealkylation sites (tertiary alicyclic amines) is 2. The summed E-state index contributed by atoms with van der Waals surface area (Å²) >= 11 is 5.06. The highest BCUT2D eigenvalue weighted by molar-refractivity contribution is 9.10. The molecule has 0 amide bonds. The van der Waals surface area contributed by atoms with E-state index < -0.39 is 0 Å². The summed E-state index contributed by atoms with van der Waals surface area (Å²) in [7, 11) is 0. The molecule has 2 aliphatic heterocycles. The van der Waals surface area contributed by atoms with Crippen LogP contribution >= 0.6 is 27.7 Å². The Hall–Kier alpha value is -2.58. The number of halogens is 2. The third kappa shape index (κ3) is 7.93. The molecule has 43 heavy (non-hydrogen) atoms. The van der Waals surface area contributed by atoms with Crippen molar-refractivity contribution in [2.24, 2.45) is 0 Å². The molecule has 7 heteroatoms. The molecule has 5 aromatic rings. The van der Waals surface area contributed by atoms with Crippen LogP contribution in [0.5, 0.6) is 0 Å². The molecule has 0 aliphatic carbocycles. The van der Waals surface area contributed by atoms with Gasteiger partial charge in [0.1, 0.15) is 28.5 Å². The van der Waals surface area contributed by atoms with Crippen LogP contribution in [0.1, 0.15) is 51.1 Å². The number of hydrogen-bond donors (Lipinski definition) is 0.